The number of aryl methyl sites for hydroxylation is 4. The summed E-state index contributed by atoms with van der Waals surface area (Å²) in [5, 5.41) is 0. The number of hydrogen-bond donors (Lipinski definition) is 0. The van der Waals surface area contributed by atoms with Gasteiger partial charge in [0.2, 0.25) is 0 Å². The second kappa shape index (κ2) is 34.9. The van der Waals surface area contributed by atoms with Crippen molar-refractivity contribution in [1.82, 2.24) is 0 Å². The Kier molecular flexibility index (Phi) is 27.2. The van der Waals surface area contributed by atoms with Gasteiger partial charge in [-0.05, 0) is 155 Å². The van der Waals surface area contributed by atoms with Gasteiger partial charge in [0.15, 0.2) is 0 Å². The molecule has 4 nitrogen and oxygen atoms in total. The van der Waals surface area contributed by atoms with Gasteiger partial charge in [0.1, 0.15) is 35.2 Å². The van der Waals surface area contributed by atoms with Crippen molar-refractivity contribution in [1.29, 1.82) is 0 Å². The summed E-state index contributed by atoms with van der Waals surface area (Å²) in [5.74, 6) is 38.5. The van der Waals surface area contributed by atoms with Crippen molar-refractivity contribution in [2.24, 2.45) is 0 Å². The fourth-order valence-electron chi connectivity index (χ4n) is 7.63. The summed E-state index contributed by atoms with van der Waals surface area (Å²) in [6, 6.07) is 25.2. The first-order valence-electron chi connectivity index (χ1n) is 25.9. The van der Waals surface area contributed by atoms with Crippen molar-refractivity contribution in [3.8, 4) is 173 Å². The number of thiophene rings is 4. The Labute approximate surface area is 470 Å². The molecule has 0 spiro atoms. The van der Waals surface area contributed by atoms with Crippen molar-refractivity contribution in [3.05, 3.63) is 92.3 Å². The van der Waals surface area contributed by atoms with Crippen molar-refractivity contribution in [3.63, 3.8) is 0 Å². The normalized spacial score (nSPS) is 9.53. The third kappa shape index (κ3) is 21.0. The number of ether oxygens (including phenoxy) is 4. The molecule has 0 saturated carbocycles. The lowest BCUT2D eigenvalue weighted by Gasteiger charge is -2.15. The summed E-state index contributed by atoms with van der Waals surface area (Å²) < 4.78 is 24.7. The second-order valence-corrected chi connectivity index (χ2v) is 22.6. The molecule has 76 heavy (non-hydrogen) atoms. The Bertz CT molecular complexity index is 3380. The fraction of sp³-hybridized carbons (Fsp3) is 0.324. The van der Waals surface area contributed by atoms with Gasteiger partial charge in [-0.25, -0.2) is 0 Å². The zero-order chi connectivity index (χ0) is 54.0. The van der Waals surface area contributed by atoms with Crippen LogP contribution in [0.15, 0.2) is 72.8 Å². The number of unbranched alkanes of at least 4 members (excludes halogenated alkanes) is 12. The summed E-state index contributed by atoms with van der Waals surface area (Å²) >= 11 is 6.91. The molecule has 0 fully saturated rings. The Morgan fingerprint density at radius 2 is 0.618 bits per heavy atom. The third-order valence-corrected chi connectivity index (χ3v) is 15.5. The molecule has 0 unspecified atom stereocenters. The molecule has 4 heterocycles. The van der Waals surface area contributed by atoms with Crippen molar-refractivity contribution in [2.45, 2.75) is 131 Å². The molecule has 0 saturated heterocycles. The van der Waals surface area contributed by atoms with Gasteiger partial charge in [-0.2, -0.15) is 0 Å². The molecule has 6 rings (SSSR count). The lowest BCUT2D eigenvalue weighted by atomic mass is 10.1. The molecule has 0 bridgehead atoms. The van der Waals surface area contributed by atoms with Gasteiger partial charge in [-0.1, -0.05) is 90.9 Å². The quantitative estimate of drug-likeness (QED) is 0.0447. The van der Waals surface area contributed by atoms with Crippen LogP contribution in [0.4, 0.5) is 0 Å². The topological polar surface area (TPSA) is 36.9 Å². The van der Waals surface area contributed by atoms with Gasteiger partial charge in [0, 0.05) is 103 Å². The van der Waals surface area contributed by atoms with Crippen LogP contribution in [0.1, 0.15) is 123 Å². The Morgan fingerprint density at radius 1 is 0.342 bits per heavy atom. The van der Waals surface area contributed by atoms with E-state index in [4.69, 9.17) is 31.8 Å². The van der Waals surface area contributed by atoms with Gasteiger partial charge >= 0.3 is 0 Å². The molecule has 0 atom stereocenters. The molecule has 0 aliphatic heterocycles. The molecule has 0 radical (unpaired) electrons. The molecule has 8 heteroatoms. The first-order chi connectivity index (χ1) is 37.2. The van der Waals surface area contributed by atoms with Gasteiger partial charge in [-0.3, -0.25) is 0 Å². The van der Waals surface area contributed by atoms with E-state index in [9.17, 15) is 0 Å². The first kappa shape index (κ1) is 59.4. The SMILES string of the molecule is C#CC#CC#CC#CC#COc1cc(-c2ccc(C)s2)c(OCCCCCCCCCC)cc1-c1ccc(C)s1.C#CC#CC#CC#COc1cc(-c2ccc(C)s2)c(OCCCCCCCC)cc1-c1ccc(C)s1. The van der Waals surface area contributed by atoms with E-state index in [1.807, 2.05) is 12.1 Å². The average Bonchev–Trinajstić information content (AvgIpc) is 4.27. The highest BCUT2D eigenvalue weighted by Gasteiger charge is 2.20. The Hall–Kier alpha value is -7.52. The maximum atomic E-state index is 6.43. The van der Waals surface area contributed by atoms with Crippen LogP contribution in [-0.2, 0) is 0 Å². The van der Waals surface area contributed by atoms with Crippen LogP contribution >= 0.6 is 45.3 Å². The Balaban J connectivity index is 0.000000282. The molecule has 0 aliphatic carbocycles. The van der Waals surface area contributed by atoms with Crippen molar-refractivity contribution in [2.75, 3.05) is 13.2 Å². The summed E-state index contributed by atoms with van der Waals surface area (Å²) in [6.07, 6.45) is 33.1. The number of hydrogen-bond acceptors (Lipinski definition) is 8. The molecule has 6 aromatic rings. The number of terminal acetylenes is 2. The standard InChI is InChI=1S/C36H34O2S2.C32H30O2S2/c1-5-7-9-11-13-15-17-19-25-37-33-27-32(36-24-22-30(4)40-36)34(28-31(33)35-23-21-29(3)39-35)38-26-20-18-16-14-12-10-8-6-2;1-5-7-9-11-13-15-21-33-29-23-28(32-20-18-26(4)36-32)30(34-22-16-14-12-10-8-6-2)24-27(29)31-19-17-25(3)35-31/h1,21-24,27-28H,6,8,10,12,14,16,18,20,26H2,2-4H3;1,17-20,23-24H,6,8,10,12,14,16,22H2,2-4H3. The smallest absolute Gasteiger partial charge is 0.149 e. The predicted octanol–water partition coefficient (Wildman–Crippen LogP) is 17.7. The van der Waals surface area contributed by atoms with E-state index in [1.165, 1.54) is 96.6 Å². The highest BCUT2D eigenvalue weighted by atomic mass is 32.1. The van der Waals surface area contributed by atoms with E-state index in [0.717, 1.165) is 66.1 Å². The molecule has 0 amide bonds. The van der Waals surface area contributed by atoms with Gasteiger partial charge in [0.05, 0.1) is 13.2 Å². The van der Waals surface area contributed by atoms with Crippen LogP contribution in [0.5, 0.6) is 23.0 Å². The lowest BCUT2D eigenvalue weighted by Crippen LogP contribution is -2.00. The molecular formula is C68H64O4S4. The second-order valence-electron chi connectivity index (χ2n) is 17.5. The van der Waals surface area contributed by atoms with Crippen LogP contribution in [-0.4, -0.2) is 13.2 Å². The largest absolute Gasteiger partial charge is 0.493 e. The van der Waals surface area contributed by atoms with E-state index in [-0.39, 0.29) is 0 Å². The minimum absolute atomic E-state index is 0.669. The highest BCUT2D eigenvalue weighted by molar-refractivity contribution is 7.16. The third-order valence-electron chi connectivity index (χ3n) is 11.4. The molecule has 384 valence electrons. The zero-order valence-corrected chi connectivity index (χ0v) is 47.9. The fourth-order valence-corrected chi connectivity index (χ4v) is 11.2. The molecule has 0 N–H and O–H groups in total. The monoisotopic (exact) mass is 1070 g/mol. The minimum Gasteiger partial charge on any atom is -0.493 e. The van der Waals surface area contributed by atoms with Crippen LogP contribution in [0.2, 0.25) is 0 Å². The van der Waals surface area contributed by atoms with Crippen LogP contribution in [0.25, 0.3) is 41.8 Å². The zero-order valence-electron chi connectivity index (χ0n) is 44.7. The number of benzene rings is 2. The molecule has 2 aromatic carbocycles. The predicted molar refractivity (Wildman–Crippen MR) is 325 cm³/mol. The summed E-state index contributed by atoms with van der Waals surface area (Å²) in [7, 11) is 0. The number of rotatable bonds is 24. The maximum Gasteiger partial charge on any atom is 0.149 e. The summed E-state index contributed by atoms with van der Waals surface area (Å²) in [5.41, 5.74) is 3.93. The average molecular weight is 1070 g/mol. The van der Waals surface area contributed by atoms with Crippen molar-refractivity contribution >= 4 is 45.3 Å². The lowest BCUT2D eigenvalue weighted by molar-refractivity contribution is 0.305. The van der Waals surface area contributed by atoms with Crippen LogP contribution in [0, 0.1) is 136 Å². The summed E-state index contributed by atoms with van der Waals surface area (Å²) in [6.45, 7) is 14.3. The van der Waals surface area contributed by atoms with E-state index in [0.29, 0.717) is 24.7 Å². The molecule has 0 aliphatic rings. The van der Waals surface area contributed by atoms with Crippen LogP contribution < -0.4 is 18.9 Å². The van der Waals surface area contributed by atoms with Gasteiger partial charge < -0.3 is 18.9 Å². The maximum absolute atomic E-state index is 6.43. The first-order valence-corrected chi connectivity index (χ1v) is 29.1. The van der Waals surface area contributed by atoms with Crippen molar-refractivity contribution < 1.29 is 18.9 Å². The van der Waals surface area contributed by atoms with Crippen LogP contribution in [0.3, 0.4) is 0 Å². The Morgan fingerprint density at radius 3 is 0.921 bits per heavy atom. The van der Waals surface area contributed by atoms with E-state index in [2.05, 4.69) is 197 Å². The minimum atomic E-state index is 0.669. The molecule has 4 aromatic heterocycles. The highest BCUT2D eigenvalue weighted by Crippen LogP contribution is 2.46. The molecular weight excluding hydrogens is 1010 g/mol. The van der Waals surface area contributed by atoms with E-state index < -0.39 is 0 Å². The van der Waals surface area contributed by atoms with Gasteiger partial charge in [0.25, 0.3) is 0 Å². The van der Waals surface area contributed by atoms with E-state index in [1.54, 1.807) is 45.3 Å². The van der Waals surface area contributed by atoms with E-state index >= 15 is 0 Å². The summed E-state index contributed by atoms with van der Waals surface area (Å²) in [4.78, 5) is 9.43. The van der Waals surface area contributed by atoms with Gasteiger partial charge in [-0.15, -0.1) is 58.2 Å².